The van der Waals surface area contributed by atoms with E-state index in [1.807, 2.05) is 13.8 Å². The topological polar surface area (TPSA) is 55.4 Å². The van der Waals surface area contributed by atoms with Gasteiger partial charge < -0.3 is 10.1 Å². The van der Waals surface area contributed by atoms with Crippen molar-refractivity contribution in [1.29, 1.82) is 0 Å². The van der Waals surface area contributed by atoms with E-state index in [9.17, 15) is 9.59 Å². The Morgan fingerprint density at radius 1 is 1.29 bits per heavy atom. The molecule has 4 nitrogen and oxygen atoms in total. The number of ether oxygens (including phenoxy) is 1. The van der Waals surface area contributed by atoms with Gasteiger partial charge in [-0.3, -0.25) is 4.79 Å². The summed E-state index contributed by atoms with van der Waals surface area (Å²) in [5, 5.41) is 2.60. The summed E-state index contributed by atoms with van der Waals surface area (Å²) >= 11 is 5.52. The van der Waals surface area contributed by atoms with Crippen molar-refractivity contribution < 1.29 is 14.3 Å². The summed E-state index contributed by atoms with van der Waals surface area (Å²) in [6.45, 7) is 9.47. The van der Waals surface area contributed by atoms with E-state index in [0.717, 1.165) is 0 Å². The average Bonchev–Trinajstić information content (AvgIpc) is 2.14. The van der Waals surface area contributed by atoms with Crippen LogP contribution in [-0.2, 0) is 9.53 Å². The number of alkyl halides is 1. The van der Waals surface area contributed by atoms with E-state index in [4.69, 9.17) is 16.3 Å². The van der Waals surface area contributed by atoms with E-state index >= 15 is 0 Å². The number of hydrogen-bond donors (Lipinski definition) is 1. The molecule has 0 bridgehead atoms. The molecule has 1 N–H and O–H groups in total. The van der Waals surface area contributed by atoms with Gasteiger partial charge in [-0.1, -0.05) is 13.8 Å². The van der Waals surface area contributed by atoms with Crippen molar-refractivity contribution >= 4 is 23.5 Å². The van der Waals surface area contributed by atoms with Crippen LogP contribution in [0.1, 0.15) is 34.6 Å². The molecule has 0 rings (SSSR count). The van der Waals surface area contributed by atoms with E-state index in [1.165, 1.54) is 0 Å². The molecule has 100 valence electrons. The van der Waals surface area contributed by atoms with Gasteiger partial charge in [0.05, 0.1) is 5.88 Å². The van der Waals surface area contributed by atoms with Crippen LogP contribution in [0.2, 0.25) is 0 Å². The Balaban J connectivity index is 4.23. The van der Waals surface area contributed by atoms with Gasteiger partial charge >= 0.3 is 6.09 Å². The molecular formula is C12H22ClNO3. The SMILES string of the molecule is CC(C)C(CNC(=O)OC(C)(C)C)C(=O)CCl. The first-order chi connectivity index (χ1) is 7.67. The van der Waals surface area contributed by atoms with Crippen LogP contribution in [0.5, 0.6) is 0 Å². The van der Waals surface area contributed by atoms with Gasteiger partial charge in [-0.05, 0) is 26.7 Å². The van der Waals surface area contributed by atoms with E-state index in [2.05, 4.69) is 5.32 Å². The zero-order chi connectivity index (χ0) is 13.6. The van der Waals surface area contributed by atoms with E-state index in [1.54, 1.807) is 20.8 Å². The van der Waals surface area contributed by atoms with Crippen molar-refractivity contribution in [2.75, 3.05) is 12.4 Å². The lowest BCUT2D eigenvalue weighted by Crippen LogP contribution is -2.39. The van der Waals surface area contributed by atoms with Gasteiger partial charge in [0.15, 0.2) is 5.78 Å². The van der Waals surface area contributed by atoms with Gasteiger partial charge in [0.1, 0.15) is 5.60 Å². The minimum atomic E-state index is -0.534. The van der Waals surface area contributed by atoms with Crippen LogP contribution >= 0.6 is 11.6 Å². The Hall–Kier alpha value is -0.770. The largest absolute Gasteiger partial charge is 0.444 e. The molecule has 0 fully saturated rings. The van der Waals surface area contributed by atoms with Crippen LogP contribution in [0, 0.1) is 11.8 Å². The standard InChI is InChI=1S/C12H22ClNO3/c1-8(2)9(10(15)6-13)7-14-11(16)17-12(3,4)5/h8-9H,6-7H2,1-5H3,(H,14,16). The van der Waals surface area contributed by atoms with Crippen LogP contribution in [-0.4, -0.2) is 29.9 Å². The van der Waals surface area contributed by atoms with Crippen molar-refractivity contribution in [2.45, 2.75) is 40.2 Å². The number of hydrogen-bond acceptors (Lipinski definition) is 3. The minimum absolute atomic E-state index is 0.0289. The molecule has 0 aliphatic heterocycles. The number of ketones is 1. The first kappa shape index (κ1) is 16.2. The Bertz CT molecular complexity index is 271. The highest BCUT2D eigenvalue weighted by Gasteiger charge is 2.23. The first-order valence-electron chi connectivity index (χ1n) is 5.73. The smallest absolute Gasteiger partial charge is 0.407 e. The van der Waals surface area contributed by atoms with Crippen LogP contribution < -0.4 is 5.32 Å². The highest BCUT2D eigenvalue weighted by molar-refractivity contribution is 6.27. The number of alkyl carbamates (subject to hydrolysis) is 1. The Morgan fingerprint density at radius 2 is 1.82 bits per heavy atom. The summed E-state index contributed by atoms with van der Waals surface area (Å²) in [7, 11) is 0. The van der Waals surface area contributed by atoms with Crippen molar-refractivity contribution in [3.05, 3.63) is 0 Å². The highest BCUT2D eigenvalue weighted by Crippen LogP contribution is 2.13. The normalized spacial score (nSPS) is 13.4. The molecule has 0 aromatic heterocycles. The summed E-state index contributed by atoms with van der Waals surface area (Å²) in [4.78, 5) is 22.9. The summed E-state index contributed by atoms with van der Waals surface area (Å²) in [6, 6.07) is 0. The number of rotatable bonds is 5. The summed E-state index contributed by atoms with van der Waals surface area (Å²) in [5.41, 5.74) is -0.534. The predicted molar refractivity (Wildman–Crippen MR) is 68.3 cm³/mol. The molecule has 0 radical (unpaired) electrons. The van der Waals surface area contributed by atoms with Crippen LogP contribution in [0.25, 0.3) is 0 Å². The maximum Gasteiger partial charge on any atom is 0.407 e. The van der Waals surface area contributed by atoms with Crippen molar-refractivity contribution in [2.24, 2.45) is 11.8 Å². The molecule has 0 spiro atoms. The van der Waals surface area contributed by atoms with Gasteiger partial charge in [0.25, 0.3) is 0 Å². The second-order valence-corrected chi connectivity index (χ2v) is 5.60. The van der Waals surface area contributed by atoms with E-state index < -0.39 is 11.7 Å². The third kappa shape index (κ3) is 7.21. The molecule has 0 saturated carbocycles. The third-order valence-corrected chi connectivity index (χ3v) is 2.48. The molecular weight excluding hydrogens is 242 g/mol. The van der Waals surface area contributed by atoms with Gasteiger partial charge in [-0.2, -0.15) is 0 Å². The molecule has 0 aliphatic carbocycles. The van der Waals surface area contributed by atoms with Gasteiger partial charge in [0, 0.05) is 12.5 Å². The van der Waals surface area contributed by atoms with Crippen LogP contribution in [0.3, 0.4) is 0 Å². The van der Waals surface area contributed by atoms with E-state index in [0.29, 0.717) is 0 Å². The number of amides is 1. The summed E-state index contributed by atoms with van der Waals surface area (Å²) in [6.07, 6.45) is -0.509. The zero-order valence-corrected chi connectivity index (χ0v) is 11.9. The minimum Gasteiger partial charge on any atom is -0.444 e. The number of carbonyl (C=O) groups excluding carboxylic acids is 2. The number of nitrogens with one attached hydrogen (secondary N) is 1. The molecule has 1 unspecified atom stereocenters. The van der Waals surface area contributed by atoms with Crippen molar-refractivity contribution in [3.63, 3.8) is 0 Å². The Kier molecular flexibility index (Phi) is 6.53. The average molecular weight is 264 g/mol. The quantitative estimate of drug-likeness (QED) is 0.776. The van der Waals surface area contributed by atoms with Crippen LogP contribution in [0.15, 0.2) is 0 Å². The van der Waals surface area contributed by atoms with Crippen molar-refractivity contribution in [3.8, 4) is 0 Å². The lowest BCUT2D eigenvalue weighted by Gasteiger charge is -2.22. The van der Waals surface area contributed by atoms with Gasteiger partial charge in [-0.15, -0.1) is 11.6 Å². The number of halogens is 1. The summed E-state index contributed by atoms with van der Waals surface area (Å²) < 4.78 is 5.09. The monoisotopic (exact) mass is 263 g/mol. The first-order valence-corrected chi connectivity index (χ1v) is 6.26. The predicted octanol–water partition coefficient (Wildman–Crippen LogP) is 2.59. The lowest BCUT2D eigenvalue weighted by molar-refractivity contribution is -0.121. The number of Topliss-reactive ketones (excluding diaryl/α,β-unsaturated/α-hetero) is 1. The molecule has 0 aromatic carbocycles. The molecule has 0 aliphatic rings. The Labute approximate surface area is 108 Å². The molecule has 0 heterocycles. The zero-order valence-electron chi connectivity index (χ0n) is 11.2. The lowest BCUT2D eigenvalue weighted by atomic mass is 9.92. The molecule has 1 atom stereocenters. The third-order valence-electron chi connectivity index (χ3n) is 2.22. The maximum absolute atomic E-state index is 11.5. The fourth-order valence-corrected chi connectivity index (χ4v) is 1.53. The summed E-state index contributed by atoms with van der Waals surface area (Å²) in [5.74, 6) is -0.215. The Morgan fingerprint density at radius 3 is 2.18 bits per heavy atom. The molecule has 0 saturated heterocycles. The molecule has 0 aromatic rings. The second kappa shape index (κ2) is 6.84. The van der Waals surface area contributed by atoms with Gasteiger partial charge in [-0.25, -0.2) is 4.79 Å². The fourth-order valence-electron chi connectivity index (χ4n) is 1.33. The molecule has 17 heavy (non-hydrogen) atoms. The fraction of sp³-hybridized carbons (Fsp3) is 0.833. The van der Waals surface area contributed by atoms with Crippen LogP contribution in [0.4, 0.5) is 4.79 Å². The maximum atomic E-state index is 11.5. The molecule has 5 heteroatoms. The second-order valence-electron chi connectivity index (χ2n) is 5.33. The highest BCUT2D eigenvalue weighted by atomic mass is 35.5. The van der Waals surface area contributed by atoms with E-state index in [-0.39, 0.29) is 30.0 Å². The number of carbonyl (C=O) groups is 2. The van der Waals surface area contributed by atoms with Crippen molar-refractivity contribution in [1.82, 2.24) is 5.32 Å². The molecule has 1 amide bonds. The van der Waals surface area contributed by atoms with Gasteiger partial charge in [0.2, 0.25) is 0 Å².